The van der Waals surface area contributed by atoms with E-state index in [2.05, 4.69) is 80.0 Å². The minimum Gasteiger partial charge on any atom is -0.446 e. The summed E-state index contributed by atoms with van der Waals surface area (Å²) in [7, 11) is 10.3. The highest BCUT2D eigenvalue weighted by molar-refractivity contribution is 5.83. The molecule has 6 saturated carbocycles. The molecule has 0 spiro atoms. The lowest BCUT2D eigenvalue weighted by Crippen LogP contribution is -2.62. The van der Waals surface area contributed by atoms with Crippen LogP contribution >= 0.6 is 0 Å². The number of hydrogen-bond donors (Lipinski definition) is 5. The van der Waals surface area contributed by atoms with E-state index in [0.29, 0.717) is 30.2 Å². The molecule has 1 saturated heterocycles. The van der Waals surface area contributed by atoms with E-state index < -0.39 is 30.3 Å². The molecule has 6 unspecified atom stereocenters. The van der Waals surface area contributed by atoms with Gasteiger partial charge in [0.2, 0.25) is 17.7 Å². The maximum absolute atomic E-state index is 14.9. The van der Waals surface area contributed by atoms with Crippen molar-refractivity contribution < 1.29 is 38.6 Å². The topological polar surface area (TPSA) is 174 Å². The standard InChI is InChI=1S/C50H89N7O8/c1-30-41-25-37(50(41,4)5)26-42(30)54-48(61)45-44(31(2)64-49(62)52-20-19-51-32(3)59)43(29-58)65-57(45)27-34-17-14-18-40(46(34)63-10)35-22-36(24-39(23-35)56(8)9)47(60)53-38(28-55(6)7)21-33-15-12-11-13-16-33/h30-31,33-46,58H,11-29H2,1-10H3,(H,51,59)(H,52,62)(H,53,60)(H,54,61)/t30-,31-,34?,35?,36?,37+,38-,39?,40?,41-,42-,43-,44+,45-,46?/m0/s1. The SMILES string of the molecule is COC1C(CN2O[C@@H](CO)[C@@H]([C@H](C)OC(=O)NCCNC(C)=O)[C@H]2C(=O)N[C@H]2C[C@H]3C[C@@H]([C@@H]2C)C3(C)C)CCCC1C1CC(C(=O)N[C@@H](CC2CCCCC2)CN(C)C)CC(N(C)C)C1. The Morgan fingerprint density at radius 3 is 2.26 bits per heavy atom. The van der Waals surface area contributed by atoms with Gasteiger partial charge in [-0.1, -0.05) is 59.3 Å². The number of alkyl carbamates (subject to hydrolysis) is 1. The molecule has 0 aromatic rings. The molecule has 2 bridgehead atoms. The highest BCUT2D eigenvalue weighted by atomic mass is 16.7. The van der Waals surface area contributed by atoms with Crippen LogP contribution in [0.2, 0.25) is 0 Å². The van der Waals surface area contributed by atoms with E-state index in [1.807, 2.05) is 0 Å². The van der Waals surface area contributed by atoms with Gasteiger partial charge >= 0.3 is 6.09 Å². The Morgan fingerprint density at radius 1 is 0.908 bits per heavy atom. The molecule has 1 aliphatic heterocycles. The molecule has 15 nitrogen and oxygen atoms in total. The molecule has 4 amide bonds. The second-order valence-electron chi connectivity index (χ2n) is 22.6. The Balaban J connectivity index is 1.19. The smallest absolute Gasteiger partial charge is 0.407 e. The predicted octanol–water partition coefficient (Wildman–Crippen LogP) is 4.81. The van der Waals surface area contributed by atoms with Crippen LogP contribution in [0.4, 0.5) is 4.79 Å². The van der Waals surface area contributed by atoms with Crippen molar-refractivity contribution in [3.05, 3.63) is 0 Å². The molecule has 0 aromatic carbocycles. The lowest BCUT2D eigenvalue weighted by molar-refractivity contribution is -0.193. The van der Waals surface area contributed by atoms with E-state index in [-0.39, 0.29) is 90.7 Å². The number of hydroxylamine groups is 2. The van der Waals surface area contributed by atoms with Crippen LogP contribution < -0.4 is 21.3 Å². The van der Waals surface area contributed by atoms with E-state index in [1.165, 1.54) is 45.4 Å². The summed E-state index contributed by atoms with van der Waals surface area (Å²) in [6, 6.07) is -0.397. The predicted molar refractivity (Wildman–Crippen MR) is 251 cm³/mol. The second kappa shape index (κ2) is 23.2. The molecule has 6 aliphatic carbocycles. The minimum absolute atomic E-state index is 0.0144. The van der Waals surface area contributed by atoms with Crippen LogP contribution in [0, 0.1) is 58.7 Å². The zero-order chi connectivity index (χ0) is 47.2. The van der Waals surface area contributed by atoms with Crippen LogP contribution in [0.5, 0.6) is 0 Å². The summed E-state index contributed by atoms with van der Waals surface area (Å²) in [4.78, 5) is 64.8. The van der Waals surface area contributed by atoms with Gasteiger partial charge in [0.05, 0.1) is 18.6 Å². The summed E-state index contributed by atoms with van der Waals surface area (Å²) in [6.45, 7) is 11.5. The van der Waals surface area contributed by atoms with Crippen LogP contribution in [-0.2, 0) is 28.7 Å². The number of nitrogens with one attached hydrogen (secondary N) is 4. The van der Waals surface area contributed by atoms with Crippen LogP contribution in [-0.4, -0.2) is 154 Å². The van der Waals surface area contributed by atoms with Gasteiger partial charge in [0.1, 0.15) is 18.2 Å². The summed E-state index contributed by atoms with van der Waals surface area (Å²) in [6.07, 6.45) is 12.8. The Hall–Kier alpha value is -2.56. The van der Waals surface area contributed by atoms with Crippen molar-refractivity contribution in [1.82, 2.24) is 36.1 Å². The second-order valence-corrected chi connectivity index (χ2v) is 22.6. The number of aliphatic hydroxyl groups is 1. The van der Waals surface area contributed by atoms with Crippen molar-refractivity contribution >= 4 is 23.8 Å². The Labute approximate surface area is 391 Å². The van der Waals surface area contributed by atoms with Crippen molar-refractivity contribution in [2.24, 2.45) is 58.7 Å². The van der Waals surface area contributed by atoms with Crippen LogP contribution in [0.15, 0.2) is 0 Å². The largest absolute Gasteiger partial charge is 0.446 e. The Bertz CT molecular complexity index is 1580. The van der Waals surface area contributed by atoms with Crippen molar-refractivity contribution in [3.63, 3.8) is 0 Å². The third kappa shape index (κ3) is 12.8. The number of rotatable bonds is 19. The molecule has 15 atom stereocenters. The van der Waals surface area contributed by atoms with E-state index in [4.69, 9.17) is 14.3 Å². The van der Waals surface area contributed by atoms with Gasteiger partial charge in [-0.2, -0.15) is 5.06 Å². The normalized spacial score (nSPS) is 36.0. The van der Waals surface area contributed by atoms with Gasteiger partial charge in [0, 0.05) is 70.2 Å². The number of fused-ring (bicyclic) bond motifs is 2. The summed E-state index contributed by atoms with van der Waals surface area (Å²) in [5.41, 5.74) is 0.258. The average Bonchev–Trinajstić information content (AvgIpc) is 3.63. The van der Waals surface area contributed by atoms with Crippen molar-refractivity contribution in [2.75, 3.05) is 68.1 Å². The molecule has 65 heavy (non-hydrogen) atoms. The van der Waals surface area contributed by atoms with Crippen molar-refractivity contribution in [1.29, 1.82) is 0 Å². The fourth-order valence-corrected chi connectivity index (χ4v) is 13.9. The summed E-state index contributed by atoms with van der Waals surface area (Å²) < 4.78 is 12.4. The molecule has 7 rings (SSSR count). The number of methoxy groups -OCH3 is 1. The summed E-state index contributed by atoms with van der Waals surface area (Å²) in [5.74, 6) is 1.68. The molecular weight excluding hydrogens is 827 g/mol. The quantitative estimate of drug-likeness (QED) is 0.113. The number of nitrogens with zero attached hydrogens (tertiary/aromatic N) is 3. The first-order chi connectivity index (χ1) is 30.9. The minimum atomic E-state index is -0.824. The van der Waals surface area contributed by atoms with Gasteiger partial charge in [-0.25, -0.2) is 4.79 Å². The Kier molecular flexibility index (Phi) is 18.5. The third-order valence-corrected chi connectivity index (χ3v) is 17.5. The molecular formula is C50H89N7O8. The first kappa shape index (κ1) is 51.8. The van der Waals surface area contributed by atoms with Gasteiger partial charge in [0.15, 0.2) is 0 Å². The van der Waals surface area contributed by atoms with E-state index >= 15 is 0 Å². The highest BCUT2D eigenvalue weighted by Gasteiger charge is 2.58. The zero-order valence-electron chi connectivity index (χ0n) is 41.8. The number of aliphatic hydroxyl groups excluding tert-OH is 1. The Morgan fingerprint density at radius 2 is 1.63 bits per heavy atom. The van der Waals surface area contributed by atoms with Crippen LogP contribution in [0.1, 0.15) is 125 Å². The van der Waals surface area contributed by atoms with Gasteiger partial charge < -0.3 is 45.6 Å². The lowest BCUT2D eigenvalue weighted by atomic mass is 9.45. The maximum atomic E-state index is 14.9. The fourth-order valence-electron chi connectivity index (χ4n) is 13.9. The first-order valence-electron chi connectivity index (χ1n) is 25.6. The first-order valence-corrected chi connectivity index (χ1v) is 25.6. The summed E-state index contributed by atoms with van der Waals surface area (Å²) in [5, 5.41) is 25.0. The molecule has 7 aliphatic rings. The maximum Gasteiger partial charge on any atom is 0.407 e. The summed E-state index contributed by atoms with van der Waals surface area (Å²) >= 11 is 0. The van der Waals surface area contributed by atoms with Gasteiger partial charge in [-0.3, -0.25) is 19.2 Å². The number of carbonyl (C=O) groups excluding carboxylic acids is 4. The van der Waals surface area contributed by atoms with E-state index in [1.54, 1.807) is 19.1 Å². The lowest BCUT2D eigenvalue weighted by Gasteiger charge is -2.62. The highest BCUT2D eigenvalue weighted by Crippen LogP contribution is 2.61. The molecule has 0 aromatic heterocycles. The van der Waals surface area contributed by atoms with Crippen LogP contribution in [0.3, 0.4) is 0 Å². The van der Waals surface area contributed by atoms with Gasteiger partial charge in [-0.15, -0.1) is 0 Å². The monoisotopic (exact) mass is 916 g/mol. The molecule has 5 N–H and O–H groups in total. The number of carbonyl (C=O) groups is 4. The van der Waals surface area contributed by atoms with Gasteiger partial charge in [-0.05, 0) is 127 Å². The zero-order valence-corrected chi connectivity index (χ0v) is 41.8. The molecule has 7 fully saturated rings. The van der Waals surface area contributed by atoms with Gasteiger partial charge in [0.25, 0.3) is 0 Å². The number of likely N-dealkylation sites (N-methyl/N-ethyl adjacent to an activating group) is 1. The van der Waals surface area contributed by atoms with E-state index in [9.17, 15) is 24.3 Å². The molecule has 15 heteroatoms. The van der Waals surface area contributed by atoms with E-state index in [0.717, 1.165) is 57.9 Å². The van der Waals surface area contributed by atoms with Crippen LogP contribution in [0.25, 0.3) is 0 Å². The molecule has 372 valence electrons. The van der Waals surface area contributed by atoms with Crippen molar-refractivity contribution in [2.45, 2.75) is 167 Å². The number of amides is 4. The molecule has 0 radical (unpaired) electrons. The average molecular weight is 916 g/mol. The number of ether oxygens (including phenoxy) is 2. The third-order valence-electron chi connectivity index (χ3n) is 17.5. The van der Waals surface area contributed by atoms with Crippen molar-refractivity contribution in [3.8, 4) is 0 Å². The number of hydrogen-bond acceptors (Lipinski definition) is 11. The molecule has 1 heterocycles. The fraction of sp³-hybridized carbons (Fsp3) is 0.920.